The second-order valence-corrected chi connectivity index (χ2v) is 6.29. The van der Waals surface area contributed by atoms with Crippen LogP contribution in [0.2, 0.25) is 0 Å². The Labute approximate surface area is 154 Å². The Balaban J connectivity index is 1.54. The topological polar surface area (TPSA) is 94.3 Å². The summed E-state index contributed by atoms with van der Waals surface area (Å²) in [5.74, 6) is 0.304. The Kier molecular flexibility index (Phi) is 5.75. The van der Waals surface area contributed by atoms with Crippen LogP contribution in [0.25, 0.3) is 10.7 Å². The van der Waals surface area contributed by atoms with Crippen molar-refractivity contribution in [2.24, 2.45) is 0 Å². The van der Waals surface area contributed by atoms with Gasteiger partial charge in [-0.05, 0) is 36.6 Å². The molecule has 0 saturated heterocycles. The first kappa shape index (κ1) is 17.8. The van der Waals surface area contributed by atoms with Crippen molar-refractivity contribution in [3.05, 3.63) is 53.2 Å². The van der Waals surface area contributed by atoms with Crippen LogP contribution in [0.5, 0.6) is 0 Å². The van der Waals surface area contributed by atoms with E-state index in [9.17, 15) is 9.59 Å². The number of nitrogens with one attached hydrogen (secondary N) is 1. The summed E-state index contributed by atoms with van der Waals surface area (Å²) in [6, 6.07) is 10.4. The summed E-state index contributed by atoms with van der Waals surface area (Å²) in [5, 5.41) is 8.59. The molecule has 0 bridgehead atoms. The summed E-state index contributed by atoms with van der Waals surface area (Å²) >= 11 is 1.52. The van der Waals surface area contributed by atoms with Gasteiger partial charge in [-0.2, -0.15) is 4.98 Å². The summed E-state index contributed by atoms with van der Waals surface area (Å²) in [6.45, 7) is 2.04. The molecular formula is C18H17N3O4S. The van der Waals surface area contributed by atoms with Gasteiger partial charge in [-0.1, -0.05) is 17.3 Å². The molecule has 0 aliphatic carbocycles. The molecular weight excluding hydrogens is 354 g/mol. The number of hydrogen-bond donors (Lipinski definition) is 1. The van der Waals surface area contributed by atoms with Gasteiger partial charge in [0.2, 0.25) is 17.6 Å². The lowest BCUT2D eigenvalue weighted by Gasteiger charge is -2.06. The van der Waals surface area contributed by atoms with Crippen LogP contribution in [0.1, 0.15) is 29.6 Å². The Morgan fingerprint density at radius 2 is 2.15 bits per heavy atom. The van der Waals surface area contributed by atoms with Crippen molar-refractivity contribution >= 4 is 28.9 Å². The molecule has 0 saturated carbocycles. The Morgan fingerprint density at radius 3 is 2.92 bits per heavy atom. The second-order valence-electron chi connectivity index (χ2n) is 5.34. The number of benzene rings is 1. The summed E-state index contributed by atoms with van der Waals surface area (Å²) in [5.41, 5.74) is 0.924. The number of esters is 1. The molecule has 0 radical (unpaired) electrons. The summed E-state index contributed by atoms with van der Waals surface area (Å²) in [4.78, 5) is 29.0. The summed E-state index contributed by atoms with van der Waals surface area (Å²) in [6.07, 6.45) is 0.525. The molecule has 3 aromatic rings. The zero-order valence-electron chi connectivity index (χ0n) is 14.1. The highest BCUT2D eigenvalue weighted by molar-refractivity contribution is 7.13. The summed E-state index contributed by atoms with van der Waals surface area (Å²) < 4.78 is 10.1. The lowest BCUT2D eigenvalue weighted by Crippen LogP contribution is -2.13. The van der Waals surface area contributed by atoms with E-state index in [1.165, 1.54) is 11.3 Å². The minimum atomic E-state index is -0.421. The third-order valence-corrected chi connectivity index (χ3v) is 4.30. The number of amides is 1. The number of rotatable bonds is 7. The Bertz CT molecular complexity index is 889. The average molecular weight is 371 g/mol. The van der Waals surface area contributed by atoms with Crippen molar-refractivity contribution in [1.82, 2.24) is 10.1 Å². The minimum absolute atomic E-state index is 0.190. The van der Waals surface area contributed by atoms with Crippen LogP contribution < -0.4 is 5.32 Å². The molecule has 134 valence electrons. The molecule has 0 atom stereocenters. The number of nitrogens with zero attached hydrogens (tertiary/aromatic N) is 2. The first-order chi connectivity index (χ1) is 12.7. The van der Waals surface area contributed by atoms with E-state index in [0.29, 0.717) is 36.0 Å². The fourth-order valence-corrected chi connectivity index (χ4v) is 2.89. The SMILES string of the molecule is CCOC(=O)c1cccc(NC(=O)CCc2nc(-c3cccs3)no2)c1. The van der Waals surface area contributed by atoms with Crippen LogP contribution in [-0.2, 0) is 16.0 Å². The predicted molar refractivity (Wildman–Crippen MR) is 97.0 cm³/mol. The second kappa shape index (κ2) is 8.39. The number of carbonyl (C=O) groups is 2. The maximum atomic E-state index is 12.1. The first-order valence-corrected chi connectivity index (χ1v) is 8.97. The third-order valence-electron chi connectivity index (χ3n) is 3.43. The molecule has 0 aliphatic rings. The average Bonchev–Trinajstić information content (AvgIpc) is 3.32. The van der Waals surface area contributed by atoms with E-state index in [1.807, 2.05) is 17.5 Å². The Morgan fingerprint density at radius 1 is 1.27 bits per heavy atom. The van der Waals surface area contributed by atoms with Gasteiger partial charge in [0.05, 0.1) is 17.0 Å². The Hall–Kier alpha value is -3.00. The van der Waals surface area contributed by atoms with E-state index >= 15 is 0 Å². The highest BCUT2D eigenvalue weighted by Gasteiger charge is 2.12. The highest BCUT2D eigenvalue weighted by atomic mass is 32.1. The van der Waals surface area contributed by atoms with E-state index in [-0.39, 0.29) is 12.3 Å². The molecule has 8 heteroatoms. The van der Waals surface area contributed by atoms with Crippen LogP contribution in [0.15, 0.2) is 46.3 Å². The van der Waals surface area contributed by atoms with Crippen molar-refractivity contribution in [2.45, 2.75) is 19.8 Å². The monoisotopic (exact) mass is 371 g/mol. The van der Waals surface area contributed by atoms with Crippen molar-refractivity contribution < 1.29 is 18.8 Å². The number of ether oxygens (including phenoxy) is 1. The van der Waals surface area contributed by atoms with E-state index in [1.54, 1.807) is 31.2 Å². The molecule has 2 aromatic heterocycles. The minimum Gasteiger partial charge on any atom is -0.462 e. The van der Waals surface area contributed by atoms with Gasteiger partial charge in [-0.25, -0.2) is 4.79 Å². The molecule has 26 heavy (non-hydrogen) atoms. The standard InChI is InChI=1S/C18H17N3O4S/c1-2-24-18(23)12-5-3-6-13(11-12)19-15(22)8-9-16-20-17(21-25-16)14-7-4-10-26-14/h3-7,10-11H,2,8-9H2,1H3,(H,19,22). The zero-order valence-corrected chi connectivity index (χ0v) is 14.9. The molecule has 0 spiro atoms. The number of thiophene rings is 1. The fourth-order valence-electron chi connectivity index (χ4n) is 2.24. The molecule has 7 nitrogen and oxygen atoms in total. The van der Waals surface area contributed by atoms with Gasteiger partial charge in [0.25, 0.3) is 0 Å². The van der Waals surface area contributed by atoms with Crippen molar-refractivity contribution in [3.63, 3.8) is 0 Å². The van der Waals surface area contributed by atoms with Crippen LogP contribution in [0.3, 0.4) is 0 Å². The fraction of sp³-hybridized carbons (Fsp3) is 0.222. The lowest BCUT2D eigenvalue weighted by atomic mass is 10.2. The molecule has 0 fully saturated rings. The number of aryl methyl sites for hydroxylation is 1. The first-order valence-electron chi connectivity index (χ1n) is 8.09. The molecule has 1 aromatic carbocycles. The molecule has 2 heterocycles. The molecule has 3 rings (SSSR count). The van der Waals surface area contributed by atoms with Crippen LogP contribution in [0, 0.1) is 0 Å². The van der Waals surface area contributed by atoms with E-state index in [0.717, 1.165) is 4.88 Å². The van der Waals surface area contributed by atoms with Gasteiger partial charge in [-0.15, -0.1) is 11.3 Å². The van der Waals surface area contributed by atoms with Gasteiger partial charge >= 0.3 is 5.97 Å². The summed E-state index contributed by atoms with van der Waals surface area (Å²) in [7, 11) is 0. The lowest BCUT2D eigenvalue weighted by molar-refractivity contribution is -0.116. The maximum absolute atomic E-state index is 12.1. The highest BCUT2D eigenvalue weighted by Crippen LogP contribution is 2.21. The van der Waals surface area contributed by atoms with Crippen molar-refractivity contribution in [3.8, 4) is 10.7 Å². The van der Waals surface area contributed by atoms with Gasteiger partial charge in [-0.3, -0.25) is 4.79 Å². The molecule has 0 unspecified atom stereocenters. The van der Waals surface area contributed by atoms with Gasteiger partial charge in [0.15, 0.2) is 0 Å². The van der Waals surface area contributed by atoms with Crippen molar-refractivity contribution in [1.29, 1.82) is 0 Å². The normalized spacial score (nSPS) is 10.5. The quantitative estimate of drug-likeness (QED) is 0.638. The van der Waals surface area contributed by atoms with Crippen LogP contribution in [-0.4, -0.2) is 28.6 Å². The number of carbonyl (C=O) groups excluding carboxylic acids is 2. The molecule has 1 N–H and O–H groups in total. The molecule has 1 amide bonds. The predicted octanol–water partition coefficient (Wildman–Crippen LogP) is 3.55. The van der Waals surface area contributed by atoms with E-state index in [4.69, 9.17) is 9.26 Å². The van der Waals surface area contributed by atoms with Gasteiger partial charge < -0.3 is 14.6 Å². The smallest absolute Gasteiger partial charge is 0.338 e. The van der Waals surface area contributed by atoms with Crippen molar-refractivity contribution in [2.75, 3.05) is 11.9 Å². The molecule has 0 aliphatic heterocycles. The van der Waals surface area contributed by atoms with Crippen LogP contribution >= 0.6 is 11.3 Å². The van der Waals surface area contributed by atoms with Gasteiger partial charge in [0, 0.05) is 18.5 Å². The largest absolute Gasteiger partial charge is 0.462 e. The van der Waals surface area contributed by atoms with E-state index < -0.39 is 5.97 Å². The maximum Gasteiger partial charge on any atom is 0.338 e. The third kappa shape index (κ3) is 4.54. The number of hydrogen-bond acceptors (Lipinski definition) is 7. The van der Waals surface area contributed by atoms with Crippen LogP contribution in [0.4, 0.5) is 5.69 Å². The van der Waals surface area contributed by atoms with Gasteiger partial charge in [0.1, 0.15) is 0 Å². The zero-order chi connectivity index (χ0) is 18.4. The number of anilines is 1. The number of aromatic nitrogens is 2. The van der Waals surface area contributed by atoms with E-state index in [2.05, 4.69) is 15.5 Å².